The van der Waals surface area contributed by atoms with Crippen molar-refractivity contribution in [1.29, 1.82) is 0 Å². The molecule has 106 valence electrons. The molecule has 1 unspecified atom stereocenters. The molecule has 1 N–H and O–H groups in total. The maximum absolute atomic E-state index is 13.4. The van der Waals surface area contributed by atoms with Crippen molar-refractivity contribution < 1.29 is 13.9 Å². The summed E-state index contributed by atoms with van der Waals surface area (Å²) in [4.78, 5) is 0. The van der Waals surface area contributed by atoms with Gasteiger partial charge in [-0.3, -0.25) is 0 Å². The molecule has 1 saturated heterocycles. The van der Waals surface area contributed by atoms with E-state index in [-0.39, 0.29) is 17.5 Å². The van der Waals surface area contributed by atoms with Crippen LogP contribution in [-0.2, 0) is 9.47 Å². The molecule has 0 saturated carbocycles. The molecule has 19 heavy (non-hydrogen) atoms. The van der Waals surface area contributed by atoms with Crippen LogP contribution < -0.4 is 5.32 Å². The summed E-state index contributed by atoms with van der Waals surface area (Å²) in [5, 5.41) is 3.29. The van der Waals surface area contributed by atoms with Gasteiger partial charge in [0.1, 0.15) is 5.82 Å². The average molecular weight is 267 g/mol. The molecule has 1 heterocycles. The van der Waals surface area contributed by atoms with Crippen molar-refractivity contribution in [2.24, 2.45) is 0 Å². The number of hydrogen-bond acceptors (Lipinski definition) is 3. The summed E-state index contributed by atoms with van der Waals surface area (Å²) >= 11 is 0. The van der Waals surface area contributed by atoms with Crippen molar-refractivity contribution in [1.82, 2.24) is 5.32 Å². The molecule has 0 radical (unpaired) electrons. The van der Waals surface area contributed by atoms with Gasteiger partial charge in [0.25, 0.3) is 0 Å². The fraction of sp³-hybridized carbons (Fsp3) is 0.600. The van der Waals surface area contributed by atoms with Gasteiger partial charge in [-0.15, -0.1) is 0 Å². The molecular weight excluding hydrogens is 245 g/mol. The Hall–Kier alpha value is -0.970. The van der Waals surface area contributed by atoms with E-state index in [1.165, 1.54) is 6.07 Å². The molecule has 0 aliphatic carbocycles. The molecule has 0 spiro atoms. The minimum Gasteiger partial charge on any atom is -0.381 e. The molecule has 3 nitrogen and oxygen atoms in total. The zero-order valence-electron chi connectivity index (χ0n) is 11.6. The van der Waals surface area contributed by atoms with Crippen LogP contribution in [0.1, 0.15) is 31.4 Å². The molecule has 1 aromatic carbocycles. The van der Waals surface area contributed by atoms with Gasteiger partial charge in [-0.2, -0.15) is 0 Å². The Labute approximate surface area is 114 Å². The summed E-state index contributed by atoms with van der Waals surface area (Å²) in [6.07, 6.45) is 1.64. The second kappa shape index (κ2) is 6.46. The second-order valence-electron chi connectivity index (χ2n) is 4.89. The Morgan fingerprint density at radius 2 is 2.16 bits per heavy atom. The van der Waals surface area contributed by atoms with Gasteiger partial charge in [0.05, 0.1) is 11.6 Å². The molecular formula is C15H22FNO2. The first-order valence-electron chi connectivity index (χ1n) is 6.86. The van der Waals surface area contributed by atoms with E-state index in [2.05, 4.69) is 5.32 Å². The molecule has 1 aliphatic heterocycles. The first-order chi connectivity index (χ1) is 9.22. The van der Waals surface area contributed by atoms with Gasteiger partial charge < -0.3 is 14.8 Å². The molecule has 1 fully saturated rings. The molecule has 4 heteroatoms. The summed E-state index contributed by atoms with van der Waals surface area (Å²) in [5.74, 6) is -0.212. The average Bonchev–Trinajstić information content (AvgIpc) is 2.41. The van der Waals surface area contributed by atoms with Gasteiger partial charge in [-0.1, -0.05) is 12.1 Å². The van der Waals surface area contributed by atoms with Gasteiger partial charge in [0.15, 0.2) is 0 Å². The summed E-state index contributed by atoms with van der Waals surface area (Å²) in [5.41, 5.74) is 0.619. The van der Waals surface area contributed by atoms with Gasteiger partial charge in [0.2, 0.25) is 0 Å². The lowest BCUT2D eigenvalue weighted by Crippen LogP contribution is -2.49. The molecule has 0 aromatic heterocycles. The molecule has 0 amide bonds. The Kier molecular flexibility index (Phi) is 4.91. The van der Waals surface area contributed by atoms with Crippen molar-refractivity contribution in [3.05, 3.63) is 35.6 Å². The highest BCUT2D eigenvalue weighted by molar-refractivity contribution is 5.23. The Morgan fingerprint density at radius 1 is 1.42 bits per heavy atom. The van der Waals surface area contributed by atoms with Crippen LogP contribution >= 0.6 is 0 Å². The second-order valence-corrected chi connectivity index (χ2v) is 4.89. The normalized spacial score (nSPS) is 20.2. The number of ether oxygens (including phenoxy) is 2. The van der Waals surface area contributed by atoms with Crippen LogP contribution in [0.2, 0.25) is 0 Å². The van der Waals surface area contributed by atoms with Crippen molar-refractivity contribution in [3.63, 3.8) is 0 Å². The highest BCUT2D eigenvalue weighted by Gasteiger charge is 2.41. The zero-order chi connectivity index (χ0) is 13.7. The smallest absolute Gasteiger partial charge is 0.123 e. The quantitative estimate of drug-likeness (QED) is 0.889. The van der Waals surface area contributed by atoms with E-state index in [1.54, 1.807) is 12.1 Å². The number of likely N-dealkylation sites (N-methyl/N-ethyl adjacent to an activating group) is 1. The summed E-state index contributed by atoms with van der Waals surface area (Å²) in [6, 6.07) is 6.71. The lowest BCUT2D eigenvalue weighted by molar-refractivity contribution is -0.127. The summed E-state index contributed by atoms with van der Waals surface area (Å²) in [6.45, 7) is 4.02. The van der Waals surface area contributed by atoms with Crippen LogP contribution in [-0.4, -0.2) is 32.5 Å². The molecule has 0 bridgehead atoms. The maximum atomic E-state index is 13.4. The SMILES string of the molecule is CCOC1(C(NC)c2cccc(F)c2)CCOCC1. The third kappa shape index (κ3) is 3.14. The largest absolute Gasteiger partial charge is 0.381 e. The number of hydrogen-bond donors (Lipinski definition) is 1. The van der Waals surface area contributed by atoms with Gasteiger partial charge >= 0.3 is 0 Å². The van der Waals surface area contributed by atoms with Crippen molar-refractivity contribution in [2.75, 3.05) is 26.9 Å². The van der Waals surface area contributed by atoms with Crippen LogP contribution in [0.4, 0.5) is 4.39 Å². The molecule has 1 aliphatic rings. The topological polar surface area (TPSA) is 30.5 Å². The van der Waals surface area contributed by atoms with Crippen LogP contribution in [0.3, 0.4) is 0 Å². The van der Waals surface area contributed by atoms with Crippen LogP contribution in [0.5, 0.6) is 0 Å². The molecule has 1 atom stereocenters. The van der Waals surface area contributed by atoms with Crippen molar-refractivity contribution in [3.8, 4) is 0 Å². The van der Waals surface area contributed by atoms with Crippen LogP contribution in [0, 0.1) is 5.82 Å². The number of rotatable bonds is 5. The predicted octanol–water partition coefficient (Wildman–Crippen LogP) is 2.67. The summed E-state index contributed by atoms with van der Waals surface area (Å²) < 4.78 is 24.9. The maximum Gasteiger partial charge on any atom is 0.123 e. The predicted molar refractivity (Wildman–Crippen MR) is 72.6 cm³/mol. The lowest BCUT2D eigenvalue weighted by atomic mass is 9.82. The van der Waals surface area contributed by atoms with Crippen molar-refractivity contribution >= 4 is 0 Å². The van der Waals surface area contributed by atoms with E-state index >= 15 is 0 Å². The fourth-order valence-electron chi connectivity index (χ4n) is 2.94. The Morgan fingerprint density at radius 3 is 2.74 bits per heavy atom. The number of nitrogens with one attached hydrogen (secondary N) is 1. The van der Waals surface area contributed by atoms with Gasteiger partial charge in [-0.25, -0.2) is 4.39 Å². The Bertz CT molecular complexity index is 399. The molecule has 2 rings (SSSR count). The van der Waals surface area contributed by atoms with E-state index in [9.17, 15) is 4.39 Å². The zero-order valence-corrected chi connectivity index (χ0v) is 11.6. The Balaban J connectivity index is 2.31. The lowest BCUT2D eigenvalue weighted by Gasteiger charge is -2.43. The molecule has 1 aromatic rings. The summed E-state index contributed by atoms with van der Waals surface area (Å²) in [7, 11) is 1.89. The highest BCUT2D eigenvalue weighted by Crippen LogP contribution is 2.37. The van der Waals surface area contributed by atoms with Crippen molar-refractivity contribution in [2.45, 2.75) is 31.4 Å². The first-order valence-corrected chi connectivity index (χ1v) is 6.86. The van der Waals surface area contributed by atoms with Gasteiger partial charge in [0, 0.05) is 32.7 Å². The monoisotopic (exact) mass is 267 g/mol. The first kappa shape index (κ1) is 14.4. The third-order valence-corrected chi connectivity index (χ3v) is 3.77. The number of benzene rings is 1. The third-order valence-electron chi connectivity index (χ3n) is 3.77. The van der Waals surface area contributed by atoms with Gasteiger partial charge in [-0.05, 0) is 31.7 Å². The van der Waals surface area contributed by atoms with E-state index < -0.39 is 0 Å². The van der Waals surface area contributed by atoms with Crippen LogP contribution in [0.15, 0.2) is 24.3 Å². The van der Waals surface area contributed by atoms with E-state index in [0.717, 1.165) is 18.4 Å². The number of halogens is 1. The van der Waals surface area contributed by atoms with E-state index in [0.29, 0.717) is 19.8 Å². The van der Waals surface area contributed by atoms with E-state index in [1.807, 2.05) is 20.0 Å². The highest BCUT2D eigenvalue weighted by atomic mass is 19.1. The standard InChI is InChI=1S/C15H22FNO2/c1-3-19-15(7-9-18-10-8-15)14(17-2)12-5-4-6-13(16)11-12/h4-6,11,14,17H,3,7-10H2,1-2H3. The minimum atomic E-state index is -0.310. The van der Waals surface area contributed by atoms with Crippen LogP contribution in [0.25, 0.3) is 0 Å². The van der Waals surface area contributed by atoms with E-state index in [4.69, 9.17) is 9.47 Å². The minimum absolute atomic E-state index is 0.0213. The fourth-order valence-corrected chi connectivity index (χ4v) is 2.94.